The highest BCUT2D eigenvalue weighted by Gasteiger charge is 2.23. The lowest BCUT2D eigenvalue weighted by Crippen LogP contribution is -1.99. The number of nitro groups is 1. The number of rotatable bonds is 2. The Morgan fingerprint density at radius 2 is 2.27 bits per heavy atom. The number of halogens is 2. The zero-order chi connectivity index (χ0) is 11.0. The Kier molecular flexibility index (Phi) is 2.45. The van der Waals surface area contributed by atoms with Gasteiger partial charge in [-0.3, -0.25) is 0 Å². The lowest BCUT2D eigenvalue weighted by molar-refractivity contribution is -0.391. The van der Waals surface area contributed by atoms with Crippen LogP contribution >= 0.6 is 23.2 Å². The predicted octanol–water partition coefficient (Wildman–Crippen LogP) is 2.03. The molecule has 0 bridgehead atoms. The first-order chi connectivity index (χ1) is 7.13. The van der Waals surface area contributed by atoms with Crippen molar-refractivity contribution in [2.24, 2.45) is 0 Å². The quantitative estimate of drug-likeness (QED) is 0.462. The van der Waals surface area contributed by atoms with Gasteiger partial charge in [-0.2, -0.15) is 0 Å². The van der Waals surface area contributed by atoms with Gasteiger partial charge in [0.05, 0.1) is 5.88 Å². The van der Waals surface area contributed by atoms with E-state index in [0.717, 1.165) is 4.52 Å². The number of hydrogen-bond acceptors (Lipinski definition) is 4. The van der Waals surface area contributed by atoms with Crippen LogP contribution in [0.5, 0.6) is 0 Å². The number of hydrogen-bond donors (Lipinski definition) is 0. The zero-order valence-corrected chi connectivity index (χ0v) is 8.73. The molecular weight excluding hydrogens is 243 g/mol. The Bertz CT molecular complexity index is 539. The van der Waals surface area contributed by atoms with Gasteiger partial charge in [0.1, 0.15) is 0 Å². The molecule has 0 saturated heterocycles. The average molecular weight is 247 g/mol. The van der Waals surface area contributed by atoms with Gasteiger partial charge in [-0.15, -0.1) is 11.6 Å². The summed E-state index contributed by atoms with van der Waals surface area (Å²) in [6.45, 7) is 0. The number of nitrogens with zero attached hydrogens (tertiary/aromatic N) is 4. The minimum absolute atomic E-state index is 0.0444. The minimum Gasteiger partial charge on any atom is -0.358 e. The van der Waals surface area contributed by atoms with Gasteiger partial charge in [0.2, 0.25) is 5.65 Å². The molecule has 2 rings (SSSR count). The SMILES string of the molecule is O=[N+]([O-])c1c(CCl)nc2ccc(Cl)nn12. The molecule has 2 heterocycles. The van der Waals surface area contributed by atoms with Crippen LogP contribution in [0.25, 0.3) is 5.65 Å². The van der Waals surface area contributed by atoms with Crippen LogP contribution in [0, 0.1) is 10.1 Å². The maximum absolute atomic E-state index is 10.8. The summed E-state index contributed by atoms with van der Waals surface area (Å²) >= 11 is 11.2. The molecule has 0 aromatic carbocycles. The number of aromatic nitrogens is 3. The van der Waals surface area contributed by atoms with E-state index in [1.54, 1.807) is 6.07 Å². The van der Waals surface area contributed by atoms with Crippen molar-refractivity contribution in [2.75, 3.05) is 0 Å². The molecule has 0 amide bonds. The molecule has 0 aliphatic rings. The second kappa shape index (κ2) is 3.63. The van der Waals surface area contributed by atoms with Gasteiger partial charge in [-0.1, -0.05) is 21.2 Å². The van der Waals surface area contributed by atoms with Gasteiger partial charge in [-0.25, -0.2) is 4.98 Å². The molecule has 0 aliphatic carbocycles. The Hall–Kier alpha value is -1.40. The van der Waals surface area contributed by atoms with Crippen LogP contribution in [0.3, 0.4) is 0 Å². The third-order valence-electron chi connectivity index (χ3n) is 1.79. The molecule has 0 aliphatic heterocycles. The lowest BCUT2D eigenvalue weighted by atomic mass is 10.5. The second-order valence-corrected chi connectivity index (χ2v) is 3.35. The molecule has 0 atom stereocenters. The molecule has 0 N–H and O–H groups in total. The summed E-state index contributed by atoms with van der Waals surface area (Å²) in [6.07, 6.45) is 0. The smallest absolute Gasteiger partial charge is 0.358 e. The van der Waals surface area contributed by atoms with Gasteiger partial charge in [0, 0.05) is 6.07 Å². The highest BCUT2D eigenvalue weighted by atomic mass is 35.5. The Morgan fingerprint density at radius 3 is 2.87 bits per heavy atom. The first kappa shape index (κ1) is 10.1. The van der Waals surface area contributed by atoms with Gasteiger partial charge in [-0.05, 0) is 11.0 Å². The first-order valence-corrected chi connectivity index (χ1v) is 4.79. The summed E-state index contributed by atoms with van der Waals surface area (Å²) in [5.74, 6) is -0.292. The summed E-state index contributed by atoms with van der Waals surface area (Å²) in [5.41, 5.74) is 0.526. The largest absolute Gasteiger partial charge is 0.373 e. The maximum atomic E-state index is 10.8. The summed E-state index contributed by atoms with van der Waals surface area (Å²) in [5, 5.41) is 14.7. The van der Waals surface area contributed by atoms with Gasteiger partial charge in [0.15, 0.2) is 10.8 Å². The fourth-order valence-corrected chi connectivity index (χ4v) is 1.54. The third-order valence-corrected chi connectivity index (χ3v) is 2.24. The Balaban J connectivity index is 2.82. The molecule has 78 valence electrons. The maximum Gasteiger partial charge on any atom is 0.373 e. The van der Waals surface area contributed by atoms with Crippen LogP contribution in [0.2, 0.25) is 5.15 Å². The predicted molar refractivity (Wildman–Crippen MR) is 54.2 cm³/mol. The topological polar surface area (TPSA) is 73.3 Å². The van der Waals surface area contributed by atoms with Crippen molar-refractivity contribution in [2.45, 2.75) is 5.88 Å². The monoisotopic (exact) mass is 246 g/mol. The van der Waals surface area contributed by atoms with Crippen molar-refractivity contribution in [1.82, 2.24) is 14.6 Å². The summed E-state index contributed by atoms with van der Waals surface area (Å²) in [6, 6.07) is 3.05. The average Bonchev–Trinajstić information content (AvgIpc) is 2.55. The van der Waals surface area contributed by atoms with Crippen molar-refractivity contribution in [3.8, 4) is 0 Å². The number of alkyl halides is 1. The van der Waals surface area contributed by atoms with E-state index >= 15 is 0 Å². The first-order valence-electron chi connectivity index (χ1n) is 3.88. The lowest BCUT2D eigenvalue weighted by Gasteiger charge is -1.93. The van der Waals surface area contributed by atoms with Crippen LogP contribution in [0.1, 0.15) is 5.69 Å². The van der Waals surface area contributed by atoms with E-state index in [-0.39, 0.29) is 22.5 Å². The van der Waals surface area contributed by atoms with E-state index in [9.17, 15) is 10.1 Å². The highest BCUT2D eigenvalue weighted by molar-refractivity contribution is 6.29. The molecule has 0 fully saturated rings. The summed E-state index contributed by atoms with van der Waals surface area (Å²) < 4.78 is 1.07. The fourth-order valence-electron chi connectivity index (χ4n) is 1.22. The normalized spacial score (nSPS) is 10.8. The van der Waals surface area contributed by atoms with E-state index in [4.69, 9.17) is 23.2 Å². The Morgan fingerprint density at radius 1 is 1.53 bits per heavy atom. The number of fused-ring (bicyclic) bond motifs is 1. The molecule has 0 spiro atoms. The van der Waals surface area contributed by atoms with Gasteiger partial charge in [0.25, 0.3) is 0 Å². The summed E-state index contributed by atoms with van der Waals surface area (Å²) in [4.78, 5) is 14.1. The summed E-state index contributed by atoms with van der Waals surface area (Å²) in [7, 11) is 0. The standard InChI is InChI=1S/C7H4Cl2N4O2/c8-3-4-7(13(14)15)12-6(10-4)2-1-5(9)11-12/h1-2H,3H2. The molecule has 2 aromatic rings. The molecule has 8 heteroatoms. The molecule has 0 unspecified atom stereocenters. The van der Waals surface area contributed by atoms with Crippen molar-refractivity contribution >= 4 is 34.7 Å². The van der Waals surface area contributed by atoms with Gasteiger partial charge >= 0.3 is 5.82 Å². The van der Waals surface area contributed by atoms with E-state index in [1.807, 2.05) is 0 Å². The van der Waals surface area contributed by atoms with Crippen LogP contribution < -0.4 is 0 Å². The van der Waals surface area contributed by atoms with Gasteiger partial charge < -0.3 is 10.1 Å². The van der Waals surface area contributed by atoms with Crippen LogP contribution in [-0.4, -0.2) is 19.5 Å². The van der Waals surface area contributed by atoms with Crippen molar-refractivity contribution in [3.63, 3.8) is 0 Å². The fraction of sp³-hybridized carbons (Fsp3) is 0.143. The van der Waals surface area contributed by atoms with E-state index in [2.05, 4.69) is 10.1 Å². The van der Waals surface area contributed by atoms with E-state index < -0.39 is 4.92 Å². The molecule has 0 saturated carbocycles. The zero-order valence-electron chi connectivity index (χ0n) is 7.22. The van der Waals surface area contributed by atoms with E-state index in [1.165, 1.54) is 6.07 Å². The van der Waals surface area contributed by atoms with Crippen LogP contribution in [0.15, 0.2) is 12.1 Å². The van der Waals surface area contributed by atoms with Crippen molar-refractivity contribution < 1.29 is 4.92 Å². The molecule has 15 heavy (non-hydrogen) atoms. The van der Waals surface area contributed by atoms with Crippen LogP contribution in [-0.2, 0) is 5.88 Å². The van der Waals surface area contributed by atoms with Crippen LogP contribution in [0.4, 0.5) is 5.82 Å². The number of imidazole rings is 1. The third kappa shape index (κ3) is 1.62. The minimum atomic E-state index is -0.582. The van der Waals surface area contributed by atoms with E-state index in [0.29, 0.717) is 5.65 Å². The Labute approximate surface area is 93.6 Å². The highest BCUT2D eigenvalue weighted by Crippen LogP contribution is 2.21. The molecular formula is C7H4Cl2N4O2. The molecule has 0 radical (unpaired) electrons. The van der Waals surface area contributed by atoms with Crippen molar-refractivity contribution in [3.05, 3.63) is 33.1 Å². The second-order valence-electron chi connectivity index (χ2n) is 2.70. The molecule has 2 aromatic heterocycles. The van der Waals surface area contributed by atoms with Crippen molar-refractivity contribution in [1.29, 1.82) is 0 Å². The molecule has 6 nitrogen and oxygen atoms in total.